The van der Waals surface area contributed by atoms with E-state index in [-0.39, 0.29) is 13.2 Å². The van der Waals surface area contributed by atoms with Crippen molar-refractivity contribution in [3.05, 3.63) is 64.7 Å². The number of hydrogen-bond acceptors (Lipinski definition) is 5. The van der Waals surface area contributed by atoms with E-state index in [9.17, 15) is 14.4 Å². The normalized spacial score (nSPS) is 9.96. The van der Waals surface area contributed by atoms with E-state index in [1.807, 2.05) is 6.07 Å². The maximum atomic E-state index is 11.7. The second-order valence-electron chi connectivity index (χ2n) is 5.00. The highest BCUT2D eigenvalue weighted by Gasteiger charge is 2.09. The SMILES string of the molecule is O=Cc1ccc(OCC(=O)OCC(=O)NCc2ccccc2Cl)cc1. The molecule has 1 amide bonds. The molecule has 0 saturated carbocycles. The number of benzene rings is 2. The first kappa shape index (κ1) is 18.5. The Kier molecular flexibility index (Phi) is 6.98. The second kappa shape index (κ2) is 9.44. The average Bonchev–Trinajstić information content (AvgIpc) is 2.64. The van der Waals surface area contributed by atoms with E-state index in [2.05, 4.69) is 5.32 Å². The number of esters is 1. The maximum absolute atomic E-state index is 11.7. The van der Waals surface area contributed by atoms with E-state index < -0.39 is 18.5 Å². The smallest absolute Gasteiger partial charge is 0.344 e. The lowest BCUT2D eigenvalue weighted by Crippen LogP contribution is -2.29. The monoisotopic (exact) mass is 361 g/mol. The Balaban J connectivity index is 1.67. The number of halogens is 1. The molecule has 0 atom stereocenters. The lowest BCUT2D eigenvalue weighted by molar-refractivity contribution is -0.150. The number of hydrogen-bond donors (Lipinski definition) is 1. The topological polar surface area (TPSA) is 81.7 Å². The average molecular weight is 362 g/mol. The van der Waals surface area contributed by atoms with Gasteiger partial charge in [0.15, 0.2) is 13.2 Å². The molecule has 0 heterocycles. The number of carbonyl (C=O) groups excluding carboxylic acids is 3. The summed E-state index contributed by atoms with van der Waals surface area (Å²) in [5.41, 5.74) is 1.27. The number of carbonyl (C=O) groups is 3. The third kappa shape index (κ3) is 6.27. The van der Waals surface area contributed by atoms with E-state index in [1.54, 1.807) is 42.5 Å². The molecule has 6 nitrogen and oxygen atoms in total. The van der Waals surface area contributed by atoms with E-state index in [0.29, 0.717) is 22.6 Å². The summed E-state index contributed by atoms with van der Waals surface area (Å²) in [5.74, 6) is -0.693. The van der Waals surface area contributed by atoms with Gasteiger partial charge in [-0.1, -0.05) is 29.8 Å². The zero-order valence-corrected chi connectivity index (χ0v) is 14.0. The molecular weight excluding hydrogens is 346 g/mol. The van der Waals surface area contributed by atoms with Gasteiger partial charge in [0.25, 0.3) is 5.91 Å². The zero-order valence-electron chi connectivity index (χ0n) is 13.2. The van der Waals surface area contributed by atoms with Crippen LogP contribution in [0.1, 0.15) is 15.9 Å². The Morgan fingerprint density at radius 2 is 1.76 bits per heavy atom. The van der Waals surface area contributed by atoms with Crippen molar-refractivity contribution in [2.24, 2.45) is 0 Å². The fourth-order valence-corrected chi connectivity index (χ4v) is 2.06. The van der Waals surface area contributed by atoms with Gasteiger partial charge in [-0.15, -0.1) is 0 Å². The van der Waals surface area contributed by atoms with Crippen LogP contribution in [0.15, 0.2) is 48.5 Å². The highest BCUT2D eigenvalue weighted by atomic mass is 35.5. The third-order valence-electron chi connectivity index (χ3n) is 3.17. The third-order valence-corrected chi connectivity index (χ3v) is 3.54. The molecular formula is C18H16ClNO5. The van der Waals surface area contributed by atoms with Gasteiger partial charge in [0.05, 0.1) is 0 Å². The molecule has 2 aromatic rings. The van der Waals surface area contributed by atoms with Crippen molar-refractivity contribution in [1.29, 1.82) is 0 Å². The summed E-state index contributed by atoms with van der Waals surface area (Å²) in [6.07, 6.45) is 0.708. The van der Waals surface area contributed by atoms with Crippen LogP contribution in [0.2, 0.25) is 5.02 Å². The first-order valence-electron chi connectivity index (χ1n) is 7.42. The zero-order chi connectivity index (χ0) is 18.1. The quantitative estimate of drug-likeness (QED) is 0.576. The summed E-state index contributed by atoms with van der Waals surface area (Å²) in [6.45, 7) is -0.495. The molecule has 130 valence electrons. The van der Waals surface area contributed by atoms with Gasteiger partial charge in [0.1, 0.15) is 12.0 Å². The van der Waals surface area contributed by atoms with Gasteiger partial charge in [-0.2, -0.15) is 0 Å². The molecule has 0 aliphatic carbocycles. The predicted octanol–water partition coefficient (Wildman–Crippen LogP) is 2.39. The molecule has 0 unspecified atom stereocenters. The van der Waals surface area contributed by atoms with Crippen molar-refractivity contribution >= 4 is 29.8 Å². The Morgan fingerprint density at radius 1 is 1.04 bits per heavy atom. The van der Waals surface area contributed by atoms with Crippen LogP contribution in [0.25, 0.3) is 0 Å². The highest BCUT2D eigenvalue weighted by molar-refractivity contribution is 6.31. The molecule has 0 aliphatic heterocycles. The van der Waals surface area contributed by atoms with Gasteiger partial charge in [-0.25, -0.2) is 4.79 Å². The predicted molar refractivity (Wildman–Crippen MR) is 91.6 cm³/mol. The van der Waals surface area contributed by atoms with Crippen LogP contribution in [0.5, 0.6) is 5.75 Å². The standard InChI is InChI=1S/C18H16ClNO5/c19-16-4-2-1-3-14(16)9-20-17(22)11-25-18(23)12-24-15-7-5-13(10-21)6-8-15/h1-8,10H,9,11-12H2,(H,20,22). The van der Waals surface area contributed by atoms with E-state index >= 15 is 0 Å². The Labute approximate surface area is 149 Å². The maximum Gasteiger partial charge on any atom is 0.344 e. The second-order valence-corrected chi connectivity index (χ2v) is 5.41. The first-order valence-corrected chi connectivity index (χ1v) is 7.80. The van der Waals surface area contributed by atoms with Crippen molar-refractivity contribution in [1.82, 2.24) is 5.32 Å². The molecule has 0 radical (unpaired) electrons. The Morgan fingerprint density at radius 3 is 2.44 bits per heavy atom. The molecule has 7 heteroatoms. The molecule has 0 spiro atoms. The van der Waals surface area contributed by atoms with Crippen LogP contribution in [-0.4, -0.2) is 31.4 Å². The van der Waals surface area contributed by atoms with Crippen LogP contribution in [-0.2, 0) is 20.9 Å². The molecule has 0 fully saturated rings. The fraction of sp³-hybridized carbons (Fsp3) is 0.167. The molecule has 25 heavy (non-hydrogen) atoms. The number of rotatable bonds is 8. The number of aldehydes is 1. The van der Waals surface area contributed by atoms with Gasteiger partial charge in [-0.3, -0.25) is 9.59 Å². The Hall–Kier alpha value is -2.86. The minimum absolute atomic E-state index is 0.246. The van der Waals surface area contributed by atoms with E-state index in [0.717, 1.165) is 5.56 Å². The molecule has 0 saturated heterocycles. The number of nitrogens with one attached hydrogen (secondary N) is 1. The summed E-state index contributed by atoms with van der Waals surface area (Å²) >= 11 is 5.98. The van der Waals surface area contributed by atoms with Gasteiger partial charge >= 0.3 is 5.97 Å². The van der Waals surface area contributed by atoms with Crippen LogP contribution in [0.3, 0.4) is 0 Å². The van der Waals surface area contributed by atoms with Crippen LogP contribution >= 0.6 is 11.6 Å². The fourth-order valence-electron chi connectivity index (χ4n) is 1.86. The van der Waals surface area contributed by atoms with Gasteiger partial charge in [-0.05, 0) is 35.9 Å². The van der Waals surface area contributed by atoms with Crippen molar-refractivity contribution in [2.45, 2.75) is 6.54 Å². The molecule has 0 aliphatic rings. The number of ether oxygens (including phenoxy) is 2. The van der Waals surface area contributed by atoms with E-state index in [4.69, 9.17) is 21.1 Å². The lowest BCUT2D eigenvalue weighted by Gasteiger charge is -2.08. The van der Waals surface area contributed by atoms with Crippen molar-refractivity contribution in [3.63, 3.8) is 0 Å². The van der Waals surface area contributed by atoms with Crippen molar-refractivity contribution in [2.75, 3.05) is 13.2 Å². The van der Waals surface area contributed by atoms with Gasteiger partial charge in [0.2, 0.25) is 0 Å². The molecule has 0 bridgehead atoms. The summed E-state index contributed by atoms with van der Waals surface area (Å²) in [4.78, 5) is 33.8. The molecule has 1 N–H and O–H groups in total. The van der Waals surface area contributed by atoms with Crippen LogP contribution in [0.4, 0.5) is 0 Å². The Bertz CT molecular complexity index is 745. The summed E-state index contributed by atoms with van der Waals surface area (Å²) in [7, 11) is 0. The highest BCUT2D eigenvalue weighted by Crippen LogP contribution is 2.14. The van der Waals surface area contributed by atoms with Gasteiger partial charge < -0.3 is 14.8 Å². The van der Waals surface area contributed by atoms with Crippen LogP contribution < -0.4 is 10.1 Å². The first-order chi connectivity index (χ1) is 12.1. The summed E-state index contributed by atoms with van der Waals surface area (Å²) in [6, 6.07) is 13.4. The minimum atomic E-state index is -0.674. The van der Waals surface area contributed by atoms with Gasteiger partial charge in [0, 0.05) is 17.1 Å². The minimum Gasteiger partial charge on any atom is -0.482 e. The van der Waals surface area contributed by atoms with E-state index in [1.165, 1.54) is 0 Å². The molecule has 0 aromatic heterocycles. The van der Waals surface area contributed by atoms with Crippen molar-refractivity contribution in [3.8, 4) is 5.75 Å². The largest absolute Gasteiger partial charge is 0.482 e. The summed E-state index contributed by atoms with van der Waals surface area (Å²) < 4.78 is 10.0. The molecule has 2 aromatic carbocycles. The number of amides is 1. The van der Waals surface area contributed by atoms with Crippen molar-refractivity contribution < 1.29 is 23.9 Å². The lowest BCUT2D eigenvalue weighted by atomic mass is 10.2. The van der Waals surface area contributed by atoms with Crippen LogP contribution in [0, 0.1) is 0 Å². The summed E-state index contributed by atoms with van der Waals surface area (Å²) in [5, 5.41) is 3.16. The molecule has 2 rings (SSSR count).